The largest absolute Gasteiger partial charge is 0.354 e. The summed E-state index contributed by atoms with van der Waals surface area (Å²) in [5.74, 6) is 0.198. The van der Waals surface area contributed by atoms with Gasteiger partial charge in [0.05, 0.1) is 15.1 Å². The minimum Gasteiger partial charge on any atom is -0.354 e. The summed E-state index contributed by atoms with van der Waals surface area (Å²) in [7, 11) is 3.93. The summed E-state index contributed by atoms with van der Waals surface area (Å²) in [6, 6.07) is 1.91. The van der Waals surface area contributed by atoms with Gasteiger partial charge in [-0.1, -0.05) is 25.2 Å². The van der Waals surface area contributed by atoms with E-state index in [4.69, 9.17) is 5.73 Å². The number of rotatable bonds is 5. The quantitative estimate of drug-likeness (QED) is 0.809. The Hall–Kier alpha value is -0.600. The summed E-state index contributed by atoms with van der Waals surface area (Å²) in [6.45, 7) is 6.52. The first-order valence-electron chi connectivity index (χ1n) is 6.87. The van der Waals surface area contributed by atoms with E-state index in [1.54, 1.807) is 11.3 Å². The van der Waals surface area contributed by atoms with E-state index in [0.29, 0.717) is 11.4 Å². The molecule has 1 atom stereocenters. The number of hydrogen-bond acceptors (Lipinski definition) is 6. The molecule has 2 aromatic rings. The molecule has 0 aliphatic heterocycles. The number of nitrogens with one attached hydrogen (secondary N) is 1. The van der Waals surface area contributed by atoms with Crippen molar-refractivity contribution < 1.29 is 4.79 Å². The third-order valence-corrected chi connectivity index (χ3v) is 6.11. The summed E-state index contributed by atoms with van der Waals surface area (Å²) in [5.41, 5.74) is 5.42. The Morgan fingerprint density at radius 2 is 2.00 bits per heavy atom. The third kappa shape index (κ3) is 4.70. The number of anilines is 1. The minimum atomic E-state index is -0.392. The molecule has 5 nitrogen and oxygen atoms in total. The highest BCUT2D eigenvalue weighted by Crippen LogP contribution is 2.34. The van der Waals surface area contributed by atoms with Crippen molar-refractivity contribution in [3.8, 4) is 0 Å². The first kappa shape index (κ1) is 22.4. The van der Waals surface area contributed by atoms with Gasteiger partial charge in [0, 0.05) is 20.6 Å². The Morgan fingerprint density at radius 1 is 1.39 bits per heavy atom. The van der Waals surface area contributed by atoms with E-state index < -0.39 is 5.54 Å². The van der Waals surface area contributed by atoms with E-state index >= 15 is 0 Å². The molecule has 2 heterocycles. The number of halogens is 2. The van der Waals surface area contributed by atoms with Crippen molar-refractivity contribution in [1.82, 2.24) is 10.3 Å². The summed E-state index contributed by atoms with van der Waals surface area (Å²) in [6.07, 6.45) is 0. The lowest BCUT2D eigenvalue weighted by atomic mass is 9.88. The molecule has 132 valence electrons. The maximum absolute atomic E-state index is 12.4. The van der Waals surface area contributed by atoms with E-state index in [1.807, 2.05) is 32.0 Å². The molecule has 2 aromatic heterocycles. The fourth-order valence-electron chi connectivity index (χ4n) is 1.78. The summed E-state index contributed by atoms with van der Waals surface area (Å²) < 4.78 is 1.05. The number of carbonyl (C=O) groups excluding carboxylic acids is 1. The number of fused-ring (bicyclic) bond motifs is 1. The van der Waals surface area contributed by atoms with Gasteiger partial charge in [-0.3, -0.25) is 4.79 Å². The van der Waals surface area contributed by atoms with Crippen LogP contribution in [0.25, 0.3) is 9.53 Å². The Bertz CT molecular complexity index is 625. The van der Waals surface area contributed by atoms with Crippen molar-refractivity contribution in [2.45, 2.75) is 26.3 Å². The van der Waals surface area contributed by atoms with Gasteiger partial charge in [-0.05, 0) is 18.9 Å². The molecular formula is C14H24Cl2N4OS2. The Morgan fingerprint density at radius 3 is 2.43 bits per heavy atom. The van der Waals surface area contributed by atoms with Crippen molar-refractivity contribution in [2.24, 2.45) is 11.7 Å². The van der Waals surface area contributed by atoms with Crippen LogP contribution < -0.4 is 16.0 Å². The van der Waals surface area contributed by atoms with Crippen LogP contribution in [0.1, 0.15) is 30.4 Å². The van der Waals surface area contributed by atoms with Crippen molar-refractivity contribution in [1.29, 1.82) is 0 Å². The predicted octanol–water partition coefficient (Wildman–Crippen LogP) is 3.37. The molecule has 0 aromatic carbocycles. The van der Waals surface area contributed by atoms with Crippen LogP contribution >= 0.6 is 47.5 Å². The Kier molecular flexibility index (Phi) is 8.26. The van der Waals surface area contributed by atoms with E-state index in [2.05, 4.69) is 24.1 Å². The second-order valence-corrected chi connectivity index (χ2v) is 7.94. The Balaban J connectivity index is 0.00000242. The third-order valence-electron chi connectivity index (χ3n) is 3.78. The topological polar surface area (TPSA) is 71.2 Å². The molecule has 23 heavy (non-hydrogen) atoms. The van der Waals surface area contributed by atoms with Crippen LogP contribution in [0.4, 0.5) is 5.13 Å². The molecule has 3 N–H and O–H groups in total. The lowest BCUT2D eigenvalue weighted by Gasteiger charge is -2.33. The molecule has 0 aliphatic rings. The maximum atomic E-state index is 12.4. The van der Waals surface area contributed by atoms with Gasteiger partial charge in [0.25, 0.3) is 5.91 Å². The zero-order chi connectivity index (χ0) is 15.8. The number of nitrogens with two attached hydrogens (primary N) is 1. The number of amides is 1. The summed E-state index contributed by atoms with van der Waals surface area (Å²) in [5, 5.41) is 4.02. The number of nitrogens with zero attached hydrogens (tertiary/aromatic N) is 2. The van der Waals surface area contributed by atoms with Crippen LogP contribution in [0.15, 0.2) is 6.07 Å². The van der Waals surface area contributed by atoms with E-state index in [-0.39, 0.29) is 36.6 Å². The Labute approximate surface area is 157 Å². The van der Waals surface area contributed by atoms with E-state index in [9.17, 15) is 4.79 Å². The molecule has 0 aliphatic carbocycles. The summed E-state index contributed by atoms with van der Waals surface area (Å²) >= 11 is 3.02. The van der Waals surface area contributed by atoms with Crippen LogP contribution in [0.2, 0.25) is 0 Å². The highest BCUT2D eigenvalue weighted by molar-refractivity contribution is 7.29. The smallest absolute Gasteiger partial charge is 0.261 e. The van der Waals surface area contributed by atoms with Gasteiger partial charge in [0.2, 0.25) is 0 Å². The van der Waals surface area contributed by atoms with Gasteiger partial charge < -0.3 is 16.0 Å². The van der Waals surface area contributed by atoms with Crippen molar-refractivity contribution in [2.75, 3.05) is 25.5 Å². The van der Waals surface area contributed by atoms with Crippen LogP contribution in [-0.2, 0) is 0 Å². The molecule has 1 amide bonds. The average Bonchev–Trinajstić information content (AvgIpc) is 2.96. The number of thiazole rings is 1. The molecular weight excluding hydrogens is 375 g/mol. The van der Waals surface area contributed by atoms with Gasteiger partial charge >= 0.3 is 0 Å². The SMILES string of the molecule is CC(C)C(C)(CN)NC(=O)c1cc2sc(N(C)C)nc2s1.Cl.Cl. The van der Waals surface area contributed by atoms with E-state index in [1.165, 1.54) is 11.3 Å². The molecule has 9 heteroatoms. The molecule has 0 fully saturated rings. The second-order valence-electron chi connectivity index (χ2n) is 5.90. The molecule has 1 unspecified atom stereocenters. The number of aromatic nitrogens is 1. The van der Waals surface area contributed by atoms with Crippen LogP contribution in [0.5, 0.6) is 0 Å². The number of thiophene rings is 1. The fourth-order valence-corrected chi connectivity index (χ4v) is 3.81. The summed E-state index contributed by atoms with van der Waals surface area (Å²) in [4.78, 5) is 20.5. The lowest BCUT2D eigenvalue weighted by Crippen LogP contribution is -2.54. The van der Waals surface area contributed by atoms with Crippen LogP contribution in [0.3, 0.4) is 0 Å². The molecule has 2 rings (SSSR count). The number of hydrogen-bond donors (Lipinski definition) is 2. The van der Waals surface area contributed by atoms with Gasteiger partial charge in [-0.2, -0.15) is 0 Å². The first-order valence-corrected chi connectivity index (χ1v) is 8.50. The van der Waals surface area contributed by atoms with Crippen LogP contribution in [0, 0.1) is 5.92 Å². The zero-order valence-electron chi connectivity index (χ0n) is 13.9. The number of carbonyl (C=O) groups is 1. The van der Waals surface area contributed by atoms with Gasteiger partial charge in [0.1, 0.15) is 4.83 Å². The second kappa shape index (κ2) is 8.48. The van der Waals surface area contributed by atoms with Crippen molar-refractivity contribution in [3.05, 3.63) is 10.9 Å². The highest BCUT2D eigenvalue weighted by Gasteiger charge is 2.29. The average molecular weight is 399 g/mol. The standard InChI is InChI=1S/C14H22N4OS2.2ClH/c1-8(2)14(3,7-15)17-11(19)9-6-10-12(20-9)16-13(21-10)18(4)5;;/h6,8H,7,15H2,1-5H3,(H,17,19);2*1H. The van der Waals surface area contributed by atoms with Gasteiger partial charge in [-0.15, -0.1) is 36.2 Å². The monoisotopic (exact) mass is 398 g/mol. The first-order chi connectivity index (χ1) is 9.76. The van der Waals surface area contributed by atoms with Crippen molar-refractivity contribution in [3.63, 3.8) is 0 Å². The predicted molar refractivity (Wildman–Crippen MR) is 106 cm³/mol. The zero-order valence-corrected chi connectivity index (χ0v) is 17.1. The van der Waals surface area contributed by atoms with E-state index in [0.717, 1.165) is 14.7 Å². The van der Waals surface area contributed by atoms with Gasteiger partial charge in [-0.25, -0.2) is 4.98 Å². The molecule has 0 saturated carbocycles. The minimum absolute atomic E-state index is 0. The highest BCUT2D eigenvalue weighted by atomic mass is 35.5. The molecule has 0 radical (unpaired) electrons. The lowest BCUT2D eigenvalue weighted by molar-refractivity contribution is 0.0887. The maximum Gasteiger partial charge on any atom is 0.261 e. The normalized spacial score (nSPS) is 13.2. The molecule has 0 bridgehead atoms. The van der Waals surface area contributed by atoms with Gasteiger partial charge in [0.15, 0.2) is 5.13 Å². The fraction of sp³-hybridized carbons (Fsp3) is 0.571. The molecule has 0 spiro atoms. The van der Waals surface area contributed by atoms with Crippen molar-refractivity contribution >= 4 is 68.1 Å². The van der Waals surface area contributed by atoms with Crippen LogP contribution in [-0.4, -0.2) is 37.1 Å². The molecule has 0 saturated heterocycles.